The lowest BCUT2D eigenvalue weighted by Crippen LogP contribution is -2.56. The first-order chi connectivity index (χ1) is 13.2. The Labute approximate surface area is 165 Å². The molecule has 0 fully saturated rings. The van der Waals surface area contributed by atoms with Crippen LogP contribution >= 0.6 is 0 Å². The molecule has 3 N–H and O–H groups in total. The molecule has 150 valence electrons. The summed E-state index contributed by atoms with van der Waals surface area (Å²) in [5, 5.41) is 3.44. The van der Waals surface area contributed by atoms with E-state index in [9.17, 15) is 0 Å². The van der Waals surface area contributed by atoms with Gasteiger partial charge < -0.3 is 16.0 Å². The molecule has 1 aliphatic heterocycles. The summed E-state index contributed by atoms with van der Waals surface area (Å²) in [5.41, 5.74) is 7.49. The van der Waals surface area contributed by atoms with E-state index in [0.717, 1.165) is 13.0 Å². The predicted molar refractivity (Wildman–Crippen MR) is 116 cm³/mol. The highest BCUT2D eigenvalue weighted by atomic mass is 15.4. The fourth-order valence-electron chi connectivity index (χ4n) is 3.55. The molecule has 1 aliphatic rings. The number of nitrogens with two attached hydrogens (primary N) is 1. The first-order valence-electron chi connectivity index (χ1n) is 10.6. The van der Waals surface area contributed by atoms with Crippen LogP contribution in [-0.4, -0.2) is 30.0 Å². The fourth-order valence-corrected chi connectivity index (χ4v) is 3.55. The highest BCUT2D eigenvalue weighted by Gasteiger charge is 2.25. The molecule has 0 saturated heterocycles. The molecule has 5 heteroatoms. The minimum absolute atomic E-state index is 0.158. The molecule has 5 nitrogen and oxygen atoms in total. The van der Waals surface area contributed by atoms with Crippen LogP contribution in [0.5, 0.6) is 0 Å². The highest BCUT2D eigenvalue weighted by molar-refractivity contribution is 5.96. The highest BCUT2D eigenvalue weighted by Crippen LogP contribution is 2.17. The molecule has 0 spiro atoms. The second kappa shape index (κ2) is 12.4. The van der Waals surface area contributed by atoms with E-state index in [2.05, 4.69) is 51.4 Å². The van der Waals surface area contributed by atoms with Crippen LogP contribution in [0.2, 0.25) is 0 Å². The van der Waals surface area contributed by atoms with Crippen molar-refractivity contribution in [2.24, 2.45) is 15.7 Å². The van der Waals surface area contributed by atoms with Crippen LogP contribution in [0.3, 0.4) is 0 Å². The van der Waals surface area contributed by atoms with Crippen LogP contribution in [-0.2, 0) is 6.54 Å². The maximum atomic E-state index is 6.25. The first-order valence-corrected chi connectivity index (χ1v) is 10.6. The number of aliphatic imine (C=N–C) groups is 2. The maximum absolute atomic E-state index is 6.25. The van der Waals surface area contributed by atoms with Crippen LogP contribution in [0.1, 0.15) is 76.7 Å². The maximum Gasteiger partial charge on any atom is 0.222 e. The van der Waals surface area contributed by atoms with Gasteiger partial charge >= 0.3 is 0 Å². The number of nitrogens with zero attached hydrogens (tertiary/aromatic N) is 3. The molecule has 0 aromatic heterocycles. The van der Waals surface area contributed by atoms with Crippen molar-refractivity contribution in [2.45, 2.75) is 83.8 Å². The Hall–Kier alpha value is -2.04. The summed E-state index contributed by atoms with van der Waals surface area (Å²) >= 11 is 0. The zero-order chi connectivity index (χ0) is 19.3. The van der Waals surface area contributed by atoms with Crippen molar-refractivity contribution in [1.29, 1.82) is 0 Å². The van der Waals surface area contributed by atoms with E-state index in [1.165, 1.54) is 63.4 Å². The Morgan fingerprint density at radius 3 is 2.26 bits per heavy atom. The standard InChI is InChI=1S/C22H37N5/c1-3-4-5-6-7-8-9-10-14-17-20-25-22(24-2)26-21(23)27(20)18-19-15-12-11-13-16-19/h11-13,15-16,20H,3-10,14,17-18H2,1-2H3,(H3,23,24,25,26). The Morgan fingerprint density at radius 2 is 1.63 bits per heavy atom. The number of guanidine groups is 2. The van der Waals surface area contributed by atoms with Gasteiger partial charge in [-0.05, 0) is 18.4 Å². The first kappa shape index (κ1) is 21.3. The average molecular weight is 372 g/mol. The Kier molecular flexibility index (Phi) is 9.74. The molecule has 1 aromatic rings. The van der Waals surface area contributed by atoms with Crippen molar-refractivity contribution >= 4 is 11.9 Å². The SMILES string of the molecule is CCCCCCCCCCCC1NC(=NC)N=C(N)N1Cc1ccccc1. The van der Waals surface area contributed by atoms with Crippen LogP contribution in [0, 0.1) is 0 Å². The zero-order valence-corrected chi connectivity index (χ0v) is 17.2. The molecule has 0 bridgehead atoms. The Balaban J connectivity index is 1.78. The van der Waals surface area contributed by atoms with Crippen molar-refractivity contribution in [3.8, 4) is 0 Å². The second-order valence-corrected chi connectivity index (χ2v) is 7.41. The summed E-state index contributed by atoms with van der Waals surface area (Å²) < 4.78 is 0. The predicted octanol–water partition coefficient (Wildman–Crippen LogP) is 4.64. The lowest BCUT2D eigenvalue weighted by Gasteiger charge is -2.37. The lowest BCUT2D eigenvalue weighted by molar-refractivity contribution is 0.253. The molecular formula is C22H37N5. The third-order valence-corrected chi connectivity index (χ3v) is 5.18. The summed E-state index contributed by atoms with van der Waals surface area (Å²) in [4.78, 5) is 10.7. The van der Waals surface area contributed by atoms with Gasteiger partial charge in [-0.3, -0.25) is 4.99 Å². The van der Waals surface area contributed by atoms with Gasteiger partial charge in [0.1, 0.15) is 6.17 Å². The van der Waals surface area contributed by atoms with Crippen LogP contribution in [0.15, 0.2) is 40.3 Å². The number of hydrogen-bond donors (Lipinski definition) is 2. The van der Waals surface area contributed by atoms with Crippen molar-refractivity contribution < 1.29 is 0 Å². The minimum atomic E-state index is 0.158. The van der Waals surface area contributed by atoms with E-state index >= 15 is 0 Å². The molecule has 1 aromatic carbocycles. The summed E-state index contributed by atoms with van der Waals surface area (Å²) in [5.74, 6) is 1.19. The quantitative estimate of drug-likeness (QED) is 0.526. The van der Waals surface area contributed by atoms with Gasteiger partial charge in [0.15, 0.2) is 0 Å². The van der Waals surface area contributed by atoms with E-state index in [1.54, 1.807) is 7.05 Å². The molecule has 0 radical (unpaired) electrons. The summed E-state index contributed by atoms with van der Waals surface area (Å²) in [6.07, 6.45) is 13.3. The van der Waals surface area contributed by atoms with Crippen LogP contribution in [0.4, 0.5) is 0 Å². The molecular weight excluding hydrogens is 334 g/mol. The van der Waals surface area contributed by atoms with E-state index in [4.69, 9.17) is 5.73 Å². The van der Waals surface area contributed by atoms with Crippen molar-refractivity contribution in [2.75, 3.05) is 7.05 Å². The van der Waals surface area contributed by atoms with Crippen molar-refractivity contribution in [3.05, 3.63) is 35.9 Å². The molecule has 27 heavy (non-hydrogen) atoms. The topological polar surface area (TPSA) is 66.0 Å². The van der Waals surface area contributed by atoms with Gasteiger partial charge in [-0.1, -0.05) is 88.6 Å². The van der Waals surface area contributed by atoms with Gasteiger partial charge in [-0.15, -0.1) is 0 Å². The van der Waals surface area contributed by atoms with E-state index in [-0.39, 0.29) is 6.17 Å². The third kappa shape index (κ3) is 7.61. The molecule has 1 heterocycles. The van der Waals surface area contributed by atoms with Crippen LogP contribution in [0.25, 0.3) is 0 Å². The fraction of sp³-hybridized carbons (Fsp3) is 0.636. The molecule has 0 amide bonds. The molecule has 1 atom stereocenters. The average Bonchev–Trinajstić information content (AvgIpc) is 2.69. The van der Waals surface area contributed by atoms with Crippen LogP contribution < -0.4 is 11.1 Å². The monoisotopic (exact) mass is 371 g/mol. The van der Waals surface area contributed by atoms with E-state index in [1.807, 2.05) is 6.07 Å². The molecule has 2 rings (SSSR count). The number of hydrogen-bond acceptors (Lipinski definition) is 3. The second-order valence-electron chi connectivity index (χ2n) is 7.41. The number of rotatable bonds is 12. The molecule has 1 unspecified atom stereocenters. The lowest BCUT2D eigenvalue weighted by atomic mass is 10.1. The van der Waals surface area contributed by atoms with Gasteiger partial charge in [0.2, 0.25) is 11.9 Å². The minimum Gasteiger partial charge on any atom is -0.369 e. The van der Waals surface area contributed by atoms with Gasteiger partial charge in [-0.25, -0.2) is 0 Å². The summed E-state index contributed by atoms with van der Waals surface area (Å²) in [6.45, 7) is 3.04. The normalized spacial score (nSPS) is 18.4. The Morgan fingerprint density at radius 1 is 1.00 bits per heavy atom. The Bertz CT molecular complexity index is 582. The number of unbranched alkanes of at least 4 members (excludes halogenated alkanes) is 8. The smallest absolute Gasteiger partial charge is 0.222 e. The molecule has 0 saturated carbocycles. The van der Waals surface area contributed by atoms with Crippen molar-refractivity contribution in [3.63, 3.8) is 0 Å². The van der Waals surface area contributed by atoms with Gasteiger partial charge in [0.05, 0.1) is 0 Å². The van der Waals surface area contributed by atoms with E-state index in [0.29, 0.717) is 11.9 Å². The summed E-state index contributed by atoms with van der Waals surface area (Å²) in [7, 11) is 1.75. The number of nitrogens with one attached hydrogen (secondary N) is 1. The van der Waals surface area contributed by atoms with Gasteiger partial charge in [0, 0.05) is 13.6 Å². The van der Waals surface area contributed by atoms with E-state index < -0.39 is 0 Å². The third-order valence-electron chi connectivity index (χ3n) is 5.18. The molecule has 0 aliphatic carbocycles. The van der Waals surface area contributed by atoms with Crippen molar-refractivity contribution in [1.82, 2.24) is 10.2 Å². The van der Waals surface area contributed by atoms with Gasteiger partial charge in [-0.2, -0.15) is 4.99 Å². The summed E-state index contributed by atoms with van der Waals surface area (Å²) in [6, 6.07) is 10.4. The largest absolute Gasteiger partial charge is 0.369 e. The van der Waals surface area contributed by atoms with Gasteiger partial charge in [0.25, 0.3) is 0 Å². The number of benzene rings is 1. The zero-order valence-electron chi connectivity index (χ0n) is 17.2.